The van der Waals surface area contributed by atoms with Gasteiger partial charge in [0.2, 0.25) is 0 Å². The molecular weight excluding hydrogens is 246 g/mol. The maximum atomic E-state index is 11.2. The molecule has 0 bridgehead atoms. The van der Waals surface area contributed by atoms with Gasteiger partial charge in [0.1, 0.15) is 0 Å². The van der Waals surface area contributed by atoms with E-state index in [1.165, 1.54) is 0 Å². The molecule has 1 N–H and O–H groups in total. The molecule has 0 radical (unpaired) electrons. The van der Waals surface area contributed by atoms with Gasteiger partial charge in [-0.1, -0.05) is 6.92 Å². The third-order valence-electron chi connectivity index (χ3n) is 3.51. The van der Waals surface area contributed by atoms with Gasteiger partial charge < -0.3 is 14.8 Å². The van der Waals surface area contributed by atoms with E-state index >= 15 is 0 Å². The monoisotopic (exact) mass is 271 g/mol. The van der Waals surface area contributed by atoms with E-state index in [2.05, 4.69) is 5.32 Å². The summed E-state index contributed by atoms with van der Waals surface area (Å²) in [7, 11) is 0. The summed E-state index contributed by atoms with van der Waals surface area (Å²) in [4.78, 5) is 22.2. The lowest BCUT2D eigenvalue weighted by molar-refractivity contribution is -0.145. The van der Waals surface area contributed by atoms with Crippen molar-refractivity contribution in [1.82, 2.24) is 5.32 Å². The second-order valence-corrected chi connectivity index (χ2v) is 5.05. The van der Waals surface area contributed by atoms with E-state index in [4.69, 9.17) is 9.47 Å². The van der Waals surface area contributed by atoms with Crippen LogP contribution in [0.5, 0.6) is 0 Å². The predicted octanol–water partition coefficient (Wildman–Crippen LogP) is 2.49. The number of ether oxygens (including phenoxy) is 2. The maximum absolute atomic E-state index is 11.2. The van der Waals surface area contributed by atoms with E-state index in [1.54, 1.807) is 6.92 Å². The molecule has 0 atom stereocenters. The summed E-state index contributed by atoms with van der Waals surface area (Å²) < 4.78 is 10.3. The molecule has 0 saturated heterocycles. The van der Waals surface area contributed by atoms with Crippen LogP contribution in [0.25, 0.3) is 0 Å². The summed E-state index contributed by atoms with van der Waals surface area (Å²) in [6, 6.07) is 0. The lowest BCUT2D eigenvalue weighted by atomic mass is 9.83. The molecule has 0 aliphatic heterocycles. The number of rotatable bonds is 6. The van der Waals surface area contributed by atoms with E-state index in [1.807, 2.05) is 6.92 Å². The Bertz CT molecular complexity index is 285. The summed E-state index contributed by atoms with van der Waals surface area (Å²) in [5.74, 6) is 0.790. The van der Waals surface area contributed by atoms with E-state index in [0.29, 0.717) is 38.0 Å². The molecule has 0 heterocycles. The topological polar surface area (TPSA) is 64.6 Å². The number of amides is 1. The lowest BCUT2D eigenvalue weighted by Gasteiger charge is -2.27. The number of hydrogen-bond acceptors (Lipinski definition) is 4. The summed E-state index contributed by atoms with van der Waals surface area (Å²) in [5, 5.41) is 2.61. The Morgan fingerprint density at radius 3 is 2.00 bits per heavy atom. The normalized spacial score (nSPS) is 22.6. The number of nitrogens with one attached hydrogen (secondary N) is 1. The molecule has 0 aromatic rings. The zero-order chi connectivity index (χ0) is 14.1. The highest BCUT2D eigenvalue weighted by molar-refractivity contribution is 5.68. The molecular formula is C14H25NO4. The molecule has 19 heavy (non-hydrogen) atoms. The van der Waals surface area contributed by atoms with Crippen molar-refractivity contribution < 1.29 is 19.1 Å². The summed E-state index contributed by atoms with van der Waals surface area (Å²) in [6.07, 6.45) is 4.26. The van der Waals surface area contributed by atoms with E-state index in [9.17, 15) is 9.59 Å². The Labute approximate surface area is 115 Å². The highest BCUT2D eigenvalue weighted by Crippen LogP contribution is 2.29. The predicted molar refractivity (Wildman–Crippen MR) is 71.7 cm³/mol. The van der Waals surface area contributed by atoms with Gasteiger partial charge in [-0.2, -0.15) is 0 Å². The third-order valence-corrected chi connectivity index (χ3v) is 3.51. The summed E-state index contributed by atoms with van der Waals surface area (Å²) >= 11 is 0. The largest absolute Gasteiger partial charge is 0.465 e. The molecule has 0 unspecified atom stereocenters. The van der Waals surface area contributed by atoms with Gasteiger partial charge in [-0.25, -0.2) is 4.79 Å². The Hall–Kier alpha value is -1.26. The fourth-order valence-electron chi connectivity index (χ4n) is 2.27. The number of carbonyl (C=O) groups is 2. The van der Waals surface area contributed by atoms with Crippen molar-refractivity contribution in [3.63, 3.8) is 0 Å². The number of esters is 1. The highest BCUT2D eigenvalue weighted by Gasteiger charge is 2.23. The van der Waals surface area contributed by atoms with Crippen LogP contribution < -0.4 is 5.32 Å². The Kier molecular flexibility index (Phi) is 7.30. The van der Waals surface area contributed by atoms with Crippen LogP contribution in [0, 0.1) is 11.8 Å². The molecule has 5 nitrogen and oxygen atoms in total. The molecule has 5 heteroatoms. The van der Waals surface area contributed by atoms with Crippen LogP contribution >= 0.6 is 0 Å². The van der Waals surface area contributed by atoms with Gasteiger partial charge in [-0.3, -0.25) is 4.79 Å². The highest BCUT2D eigenvalue weighted by atomic mass is 16.5. The number of alkyl carbamates (subject to hydrolysis) is 1. The average Bonchev–Trinajstić information content (AvgIpc) is 2.44. The molecule has 1 aliphatic carbocycles. The molecule has 1 aliphatic rings. The van der Waals surface area contributed by atoms with Crippen LogP contribution in [0.4, 0.5) is 4.79 Å². The zero-order valence-electron chi connectivity index (χ0n) is 11.9. The second-order valence-electron chi connectivity index (χ2n) is 5.05. The summed E-state index contributed by atoms with van der Waals surface area (Å²) in [5.41, 5.74) is 0. The van der Waals surface area contributed by atoms with Gasteiger partial charge in [-0.15, -0.1) is 0 Å². The number of hydrogen-bond donors (Lipinski definition) is 1. The lowest BCUT2D eigenvalue weighted by Crippen LogP contribution is -2.28. The van der Waals surface area contributed by atoms with Crippen LogP contribution in [-0.2, 0) is 14.3 Å². The van der Waals surface area contributed by atoms with Gasteiger partial charge in [0.05, 0.1) is 13.2 Å². The first kappa shape index (κ1) is 15.8. The van der Waals surface area contributed by atoms with Crippen LogP contribution in [0.3, 0.4) is 0 Å². The van der Waals surface area contributed by atoms with Crippen molar-refractivity contribution in [3.05, 3.63) is 0 Å². The van der Waals surface area contributed by atoms with Crippen molar-refractivity contribution in [1.29, 1.82) is 0 Å². The van der Waals surface area contributed by atoms with Crippen LogP contribution in [0.1, 0.15) is 46.0 Å². The van der Waals surface area contributed by atoms with Gasteiger partial charge in [0.15, 0.2) is 0 Å². The minimum atomic E-state index is -0.332. The fourth-order valence-corrected chi connectivity index (χ4v) is 2.27. The minimum Gasteiger partial charge on any atom is -0.465 e. The Morgan fingerprint density at radius 1 is 1.00 bits per heavy atom. The van der Waals surface area contributed by atoms with Crippen molar-refractivity contribution in [2.75, 3.05) is 19.8 Å². The molecule has 1 amide bonds. The summed E-state index contributed by atoms with van der Waals surface area (Å²) in [6.45, 7) is 5.29. The zero-order valence-corrected chi connectivity index (χ0v) is 11.9. The first-order chi connectivity index (χ1) is 9.15. The van der Waals surface area contributed by atoms with Crippen molar-refractivity contribution in [3.8, 4) is 0 Å². The first-order valence-corrected chi connectivity index (χ1v) is 7.21. The molecule has 0 aromatic heterocycles. The Balaban J connectivity index is 2.11. The van der Waals surface area contributed by atoms with Crippen molar-refractivity contribution in [2.24, 2.45) is 11.8 Å². The fraction of sp³-hybridized carbons (Fsp3) is 0.857. The van der Waals surface area contributed by atoms with Crippen molar-refractivity contribution in [2.45, 2.75) is 46.0 Å². The maximum Gasteiger partial charge on any atom is 0.407 e. The second kappa shape index (κ2) is 8.77. The van der Waals surface area contributed by atoms with Gasteiger partial charge >= 0.3 is 12.1 Å². The van der Waals surface area contributed by atoms with Crippen LogP contribution in [-0.4, -0.2) is 31.8 Å². The molecule has 1 saturated carbocycles. The van der Waals surface area contributed by atoms with Crippen LogP contribution in [0.15, 0.2) is 0 Å². The standard InChI is InChI=1S/C14H25NO4/c1-3-13(16)18-9-11-5-7-12(8-6-11)10-19-14(17)15-4-2/h11-12H,3-10H2,1-2H3,(H,15,17). The molecule has 110 valence electrons. The Morgan fingerprint density at radius 2 is 1.53 bits per heavy atom. The quantitative estimate of drug-likeness (QED) is 0.754. The molecule has 0 spiro atoms. The smallest absolute Gasteiger partial charge is 0.407 e. The number of carbonyl (C=O) groups excluding carboxylic acids is 2. The molecule has 0 aromatic carbocycles. The van der Waals surface area contributed by atoms with Crippen LogP contribution in [0.2, 0.25) is 0 Å². The van der Waals surface area contributed by atoms with E-state index < -0.39 is 0 Å². The van der Waals surface area contributed by atoms with Crippen molar-refractivity contribution >= 4 is 12.1 Å². The van der Waals surface area contributed by atoms with E-state index in [-0.39, 0.29) is 12.1 Å². The first-order valence-electron chi connectivity index (χ1n) is 7.21. The van der Waals surface area contributed by atoms with Gasteiger partial charge in [-0.05, 0) is 44.4 Å². The molecule has 1 rings (SSSR count). The minimum absolute atomic E-state index is 0.123. The average molecular weight is 271 g/mol. The van der Waals surface area contributed by atoms with E-state index in [0.717, 1.165) is 25.7 Å². The van der Waals surface area contributed by atoms with Gasteiger partial charge in [0, 0.05) is 13.0 Å². The SMILES string of the molecule is CCNC(=O)OCC1CCC(COC(=O)CC)CC1. The van der Waals surface area contributed by atoms with Gasteiger partial charge in [0.25, 0.3) is 0 Å². The third kappa shape index (κ3) is 6.45. The molecule has 1 fully saturated rings.